The molecule has 0 saturated carbocycles. The average molecular weight is 497 g/mol. The van der Waals surface area contributed by atoms with Crippen LogP contribution in [0.2, 0.25) is 0 Å². The van der Waals surface area contributed by atoms with E-state index < -0.39 is 28.0 Å². The molecular weight excluding hydrogens is 472 g/mol. The molecule has 9 nitrogen and oxygen atoms in total. The van der Waals surface area contributed by atoms with Gasteiger partial charge in [-0.2, -0.15) is 0 Å². The number of fused-ring (bicyclic) bond motifs is 1. The van der Waals surface area contributed by atoms with Crippen molar-refractivity contribution in [1.82, 2.24) is 4.72 Å². The molecule has 3 aromatic rings. The minimum absolute atomic E-state index is 0.0177. The number of nitrogens with zero attached hydrogens (tertiary/aromatic N) is 1. The van der Waals surface area contributed by atoms with Gasteiger partial charge in [0.05, 0.1) is 24.2 Å². The van der Waals surface area contributed by atoms with Gasteiger partial charge in [0.1, 0.15) is 11.5 Å². The Bertz CT molecular complexity index is 1290. The van der Waals surface area contributed by atoms with Gasteiger partial charge in [0.25, 0.3) is 5.91 Å². The van der Waals surface area contributed by atoms with E-state index in [0.717, 1.165) is 5.56 Å². The average Bonchev–Trinajstić information content (AvgIpc) is 2.90. The Labute approximate surface area is 203 Å². The highest BCUT2D eigenvalue weighted by atomic mass is 32.2. The number of rotatable bonds is 8. The molecule has 1 heterocycles. The number of hydrogen-bond donors (Lipinski definition) is 1. The molecule has 4 rings (SSSR count). The summed E-state index contributed by atoms with van der Waals surface area (Å²) in [5.74, 6) is -0.266. The van der Waals surface area contributed by atoms with Gasteiger partial charge >= 0.3 is 5.97 Å². The van der Waals surface area contributed by atoms with Crippen molar-refractivity contribution >= 4 is 27.6 Å². The van der Waals surface area contributed by atoms with Crippen LogP contribution in [-0.2, 0) is 30.9 Å². The quantitative estimate of drug-likeness (QED) is 0.477. The first-order valence-corrected chi connectivity index (χ1v) is 12.3. The predicted molar refractivity (Wildman–Crippen MR) is 128 cm³/mol. The molecule has 0 aromatic heterocycles. The van der Waals surface area contributed by atoms with Crippen molar-refractivity contribution in [2.24, 2.45) is 0 Å². The Kier molecular flexibility index (Phi) is 7.33. The third-order valence-electron chi connectivity index (χ3n) is 5.34. The van der Waals surface area contributed by atoms with Gasteiger partial charge in [-0.15, -0.1) is 0 Å². The maximum Gasteiger partial charge on any atom is 0.348 e. The van der Waals surface area contributed by atoms with E-state index in [1.165, 1.54) is 36.3 Å². The fraction of sp³-hybridized carbons (Fsp3) is 0.200. The molecule has 0 saturated heterocycles. The van der Waals surface area contributed by atoms with E-state index in [2.05, 4.69) is 4.72 Å². The zero-order chi connectivity index (χ0) is 24.8. The minimum atomic E-state index is -3.71. The van der Waals surface area contributed by atoms with Gasteiger partial charge in [0.2, 0.25) is 16.1 Å². The van der Waals surface area contributed by atoms with Crippen molar-refractivity contribution in [2.75, 3.05) is 25.2 Å². The van der Waals surface area contributed by atoms with E-state index in [4.69, 9.17) is 14.2 Å². The molecule has 0 fully saturated rings. The second-order valence-electron chi connectivity index (χ2n) is 7.67. The lowest BCUT2D eigenvalue weighted by Crippen LogP contribution is -2.48. The van der Waals surface area contributed by atoms with Gasteiger partial charge in [0.15, 0.2) is 6.61 Å². The van der Waals surface area contributed by atoms with E-state index in [-0.39, 0.29) is 24.6 Å². The highest BCUT2D eigenvalue weighted by Gasteiger charge is 2.34. The predicted octanol–water partition coefficient (Wildman–Crippen LogP) is 2.51. The fourth-order valence-corrected chi connectivity index (χ4v) is 4.54. The Morgan fingerprint density at radius 3 is 2.40 bits per heavy atom. The number of carbonyl (C=O) groups is 2. The standard InChI is InChI=1S/C25H24N2O7S/c1-32-25(29)23-16-27(21-9-5-6-10-22(21)34-23)24(28)17-33-19-11-13-20(14-12-19)35(30,31)26-15-18-7-3-2-4-8-18/h2-14,23,26H,15-17H2,1H3/t23-/m1/s1. The van der Waals surface area contributed by atoms with Gasteiger partial charge < -0.3 is 19.1 Å². The summed E-state index contributed by atoms with van der Waals surface area (Å²) in [6.07, 6.45) is -0.952. The SMILES string of the molecule is COC(=O)[C@H]1CN(C(=O)COc2ccc(S(=O)(=O)NCc3ccccc3)cc2)c2ccccc2O1. The number of esters is 1. The summed E-state index contributed by atoms with van der Waals surface area (Å²) in [7, 11) is -2.46. The van der Waals surface area contributed by atoms with Gasteiger partial charge in [-0.25, -0.2) is 17.9 Å². The van der Waals surface area contributed by atoms with E-state index >= 15 is 0 Å². The molecule has 1 amide bonds. The molecule has 0 radical (unpaired) electrons. The lowest BCUT2D eigenvalue weighted by Gasteiger charge is -2.33. The number of amides is 1. The molecular formula is C25H24N2O7S. The van der Waals surface area contributed by atoms with Crippen LogP contribution in [0.4, 0.5) is 5.69 Å². The Morgan fingerprint density at radius 2 is 1.69 bits per heavy atom. The van der Waals surface area contributed by atoms with Crippen LogP contribution in [0.15, 0.2) is 83.8 Å². The molecule has 1 atom stereocenters. The first-order valence-electron chi connectivity index (χ1n) is 10.8. The van der Waals surface area contributed by atoms with E-state index in [1.54, 1.807) is 24.3 Å². The van der Waals surface area contributed by atoms with Gasteiger partial charge in [-0.3, -0.25) is 4.79 Å². The van der Waals surface area contributed by atoms with Crippen LogP contribution in [0.3, 0.4) is 0 Å². The molecule has 35 heavy (non-hydrogen) atoms. The van der Waals surface area contributed by atoms with Crippen LogP contribution >= 0.6 is 0 Å². The van der Waals surface area contributed by atoms with Crippen LogP contribution < -0.4 is 19.1 Å². The number of sulfonamides is 1. The smallest absolute Gasteiger partial charge is 0.348 e. The number of hydrogen-bond acceptors (Lipinski definition) is 7. The summed E-state index contributed by atoms with van der Waals surface area (Å²) in [5.41, 5.74) is 1.36. The Hall–Kier alpha value is -3.89. The number of nitrogens with one attached hydrogen (secondary N) is 1. The van der Waals surface area contributed by atoms with Crippen molar-refractivity contribution in [3.8, 4) is 11.5 Å². The maximum absolute atomic E-state index is 12.9. The topological polar surface area (TPSA) is 111 Å². The molecule has 182 valence electrons. The highest BCUT2D eigenvalue weighted by molar-refractivity contribution is 7.89. The van der Waals surface area contributed by atoms with Crippen molar-refractivity contribution in [3.63, 3.8) is 0 Å². The van der Waals surface area contributed by atoms with Crippen molar-refractivity contribution in [2.45, 2.75) is 17.5 Å². The van der Waals surface area contributed by atoms with Crippen LogP contribution in [-0.4, -0.2) is 46.7 Å². The molecule has 0 spiro atoms. The molecule has 1 N–H and O–H groups in total. The van der Waals surface area contributed by atoms with Gasteiger partial charge in [-0.05, 0) is 42.0 Å². The van der Waals surface area contributed by atoms with Crippen LogP contribution in [0.1, 0.15) is 5.56 Å². The molecule has 10 heteroatoms. The van der Waals surface area contributed by atoms with E-state index in [1.807, 2.05) is 30.3 Å². The molecule has 3 aromatic carbocycles. The normalized spacial score (nSPS) is 15.0. The summed E-state index contributed by atoms with van der Waals surface area (Å²) in [6.45, 7) is -0.166. The molecule has 0 aliphatic carbocycles. The van der Waals surface area contributed by atoms with Crippen LogP contribution in [0.25, 0.3) is 0 Å². The Balaban J connectivity index is 1.39. The van der Waals surface area contributed by atoms with Crippen LogP contribution in [0.5, 0.6) is 11.5 Å². The molecule has 0 unspecified atom stereocenters. The summed E-state index contributed by atoms with van der Waals surface area (Å²) >= 11 is 0. The molecule has 1 aliphatic heterocycles. The third kappa shape index (κ3) is 5.79. The zero-order valence-electron chi connectivity index (χ0n) is 18.9. The van der Waals surface area contributed by atoms with Crippen LogP contribution in [0, 0.1) is 0 Å². The van der Waals surface area contributed by atoms with E-state index in [9.17, 15) is 18.0 Å². The maximum atomic E-state index is 12.9. The van der Waals surface area contributed by atoms with Crippen molar-refractivity contribution in [3.05, 3.63) is 84.4 Å². The summed E-state index contributed by atoms with van der Waals surface area (Å²) in [4.78, 5) is 26.4. The number of methoxy groups -OCH3 is 1. The number of para-hydroxylation sites is 2. The summed E-state index contributed by atoms with van der Waals surface area (Å²) < 4.78 is 43.7. The third-order valence-corrected chi connectivity index (χ3v) is 6.76. The number of anilines is 1. The first-order chi connectivity index (χ1) is 16.9. The fourth-order valence-electron chi connectivity index (χ4n) is 3.52. The number of benzene rings is 3. The number of ether oxygens (including phenoxy) is 3. The largest absolute Gasteiger partial charge is 0.484 e. The highest BCUT2D eigenvalue weighted by Crippen LogP contribution is 2.33. The second-order valence-corrected chi connectivity index (χ2v) is 9.44. The van der Waals surface area contributed by atoms with Gasteiger partial charge in [0, 0.05) is 6.54 Å². The second kappa shape index (κ2) is 10.6. The summed E-state index contributed by atoms with van der Waals surface area (Å²) in [5, 5.41) is 0. The number of carbonyl (C=O) groups excluding carboxylic acids is 2. The van der Waals surface area contributed by atoms with Gasteiger partial charge in [-0.1, -0.05) is 42.5 Å². The molecule has 1 aliphatic rings. The monoisotopic (exact) mass is 496 g/mol. The lowest BCUT2D eigenvalue weighted by molar-refractivity contribution is -0.148. The first kappa shape index (κ1) is 24.2. The summed E-state index contributed by atoms with van der Waals surface area (Å²) in [6, 6.07) is 21.8. The molecule has 0 bridgehead atoms. The lowest BCUT2D eigenvalue weighted by atomic mass is 10.2. The Morgan fingerprint density at radius 1 is 1.00 bits per heavy atom. The van der Waals surface area contributed by atoms with E-state index in [0.29, 0.717) is 17.2 Å². The minimum Gasteiger partial charge on any atom is -0.484 e. The zero-order valence-corrected chi connectivity index (χ0v) is 19.7. The van der Waals surface area contributed by atoms with Crippen molar-refractivity contribution < 1.29 is 32.2 Å². The van der Waals surface area contributed by atoms with Crippen molar-refractivity contribution in [1.29, 1.82) is 0 Å².